The van der Waals surface area contributed by atoms with Crippen LogP contribution in [0, 0.1) is 0 Å². The zero-order valence-electron chi connectivity index (χ0n) is 14.6. The maximum absolute atomic E-state index is 12.6. The fraction of sp³-hybridized carbons (Fsp3) is 0.0909. The van der Waals surface area contributed by atoms with E-state index in [4.69, 9.17) is 11.6 Å². The molecule has 0 spiro atoms. The molecule has 0 saturated carbocycles. The third-order valence-electron chi connectivity index (χ3n) is 4.00. The van der Waals surface area contributed by atoms with Gasteiger partial charge in [-0.2, -0.15) is 0 Å². The molecule has 0 radical (unpaired) electrons. The van der Waals surface area contributed by atoms with Crippen LogP contribution in [0.5, 0.6) is 0 Å². The van der Waals surface area contributed by atoms with Gasteiger partial charge in [-0.15, -0.1) is 0 Å². The fourth-order valence-electron chi connectivity index (χ4n) is 2.66. The van der Waals surface area contributed by atoms with Crippen molar-refractivity contribution in [1.29, 1.82) is 0 Å². The molecular weight excluding hydrogens is 360 g/mol. The van der Waals surface area contributed by atoms with Crippen molar-refractivity contribution < 1.29 is 9.59 Å². The van der Waals surface area contributed by atoms with Crippen LogP contribution in [0.25, 0.3) is 0 Å². The van der Waals surface area contributed by atoms with Gasteiger partial charge in [0.15, 0.2) is 0 Å². The van der Waals surface area contributed by atoms with Crippen molar-refractivity contribution in [2.24, 2.45) is 0 Å². The third-order valence-corrected chi connectivity index (χ3v) is 4.24. The van der Waals surface area contributed by atoms with Gasteiger partial charge in [-0.05, 0) is 29.3 Å². The van der Waals surface area contributed by atoms with Crippen LogP contribution in [-0.4, -0.2) is 11.8 Å². The van der Waals surface area contributed by atoms with Gasteiger partial charge in [0.2, 0.25) is 5.91 Å². The second-order valence-corrected chi connectivity index (χ2v) is 6.51. The zero-order valence-corrected chi connectivity index (χ0v) is 15.4. The molecule has 0 saturated heterocycles. The topological polar surface area (TPSA) is 58.2 Å². The number of hydrogen-bond donors (Lipinski definition) is 2. The summed E-state index contributed by atoms with van der Waals surface area (Å²) in [6, 6.07) is 23.9. The van der Waals surface area contributed by atoms with Crippen molar-refractivity contribution in [3.63, 3.8) is 0 Å². The molecule has 2 amide bonds. The summed E-state index contributed by atoms with van der Waals surface area (Å²) in [6.07, 6.45) is 0.231. The molecule has 0 fully saturated rings. The summed E-state index contributed by atoms with van der Waals surface area (Å²) in [5.41, 5.74) is 2.66. The van der Waals surface area contributed by atoms with E-state index < -0.39 is 0 Å². The van der Waals surface area contributed by atoms with E-state index >= 15 is 0 Å². The first kappa shape index (κ1) is 18.7. The van der Waals surface area contributed by atoms with Gasteiger partial charge >= 0.3 is 0 Å². The Bertz CT molecular complexity index is 928. The van der Waals surface area contributed by atoms with Crippen molar-refractivity contribution >= 4 is 29.1 Å². The molecule has 0 aliphatic heterocycles. The minimum atomic E-state index is -0.295. The average Bonchev–Trinajstić information content (AvgIpc) is 2.69. The first-order chi connectivity index (χ1) is 13.1. The molecule has 136 valence electrons. The number of halogens is 1. The van der Waals surface area contributed by atoms with Gasteiger partial charge in [0.25, 0.3) is 5.91 Å². The monoisotopic (exact) mass is 378 g/mol. The molecule has 0 bridgehead atoms. The van der Waals surface area contributed by atoms with Gasteiger partial charge in [-0.1, -0.05) is 72.3 Å². The van der Waals surface area contributed by atoms with E-state index in [0.29, 0.717) is 22.8 Å². The van der Waals surface area contributed by atoms with Gasteiger partial charge in [0, 0.05) is 11.6 Å². The minimum absolute atomic E-state index is 0.194. The SMILES string of the molecule is O=C(Cc1ccccc1)Nc1ccc(Cl)cc1C(=O)NCc1ccccc1. The molecule has 27 heavy (non-hydrogen) atoms. The summed E-state index contributed by atoms with van der Waals surface area (Å²) in [7, 11) is 0. The maximum Gasteiger partial charge on any atom is 0.253 e. The smallest absolute Gasteiger partial charge is 0.253 e. The Kier molecular flexibility index (Phi) is 6.23. The highest BCUT2D eigenvalue weighted by Crippen LogP contribution is 2.21. The van der Waals surface area contributed by atoms with E-state index in [0.717, 1.165) is 11.1 Å². The largest absolute Gasteiger partial charge is 0.348 e. The minimum Gasteiger partial charge on any atom is -0.348 e. The van der Waals surface area contributed by atoms with Gasteiger partial charge in [-0.3, -0.25) is 9.59 Å². The van der Waals surface area contributed by atoms with Crippen molar-refractivity contribution in [2.45, 2.75) is 13.0 Å². The van der Waals surface area contributed by atoms with Crippen LogP contribution in [0.3, 0.4) is 0 Å². The normalized spacial score (nSPS) is 10.3. The summed E-state index contributed by atoms with van der Waals surface area (Å²) in [5, 5.41) is 6.10. The van der Waals surface area contributed by atoms with Crippen LogP contribution in [0.1, 0.15) is 21.5 Å². The Hall–Kier alpha value is -3.11. The standard InChI is InChI=1S/C22H19ClN2O2/c23-18-11-12-20(25-21(26)13-16-7-3-1-4-8-16)19(14-18)22(27)24-15-17-9-5-2-6-10-17/h1-12,14H,13,15H2,(H,24,27)(H,25,26). The molecule has 0 aliphatic rings. The summed E-state index contributed by atoms with van der Waals surface area (Å²) >= 11 is 6.05. The average molecular weight is 379 g/mol. The lowest BCUT2D eigenvalue weighted by Crippen LogP contribution is -2.25. The zero-order chi connectivity index (χ0) is 19.1. The molecule has 3 aromatic rings. The Morgan fingerprint density at radius 3 is 2.11 bits per heavy atom. The van der Waals surface area contributed by atoms with Crippen LogP contribution in [0.2, 0.25) is 5.02 Å². The number of hydrogen-bond acceptors (Lipinski definition) is 2. The molecule has 2 N–H and O–H groups in total. The summed E-state index contributed by atoms with van der Waals surface area (Å²) < 4.78 is 0. The summed E-state index contributed by atoms with van der Waals surface area (Å²) in [4.78, 5) is 25.0. The van der Waals surface area contributed by atoms with Gasteiger partial charge in [-0.25, -0.2) is 0 Å². The van der Waals surface area contributed by atoms with Crippen LogP contribution < -0.4 is 10.6 Å². The van der Waals surface area contributed by atoms with Gasteiger partial charge in [0.05, 0.1) is 17.7 Å². The van der Waals surface area contributed by atoms with Crippen molar-refractivity contribution in [3.8, 4) is 0 Å². The molecule has 0 aromatic heterocycles. The highest BCUT2D eigenvalue weighted by molar-refractivity contribution is 6.31. The van der Waals surface area contributed by atoms with Crippen LogP contribution in [0.4, 0.5) is 5.69 Å². The number of benzene rings is 3. The molecule has 3 aromatic carbocycles. The van der Waals surface area contributed by atoms with E-state index in [1.54, 1.807) is 18.2 Å². The Labute approximate surface area is 163 Å². The second kappa shape index (κ2) is 9.01. The first-order valence-electron chi connectivity index (χ1n) is 8.57. The number of rotatable bonds is 6. The molecule has 5 heteroatoms. The molecule has 3 rings (SSSR count). The number of nitrogens with one attached hydrogen (secondary N) is 2. The Morgan fingerprint density at radius 2 is 1.44 bits per heavy atom. The second-order valence-electron chi connectivity index (χ2n) is 6.07. The Morgan fingerprint density at radius 1 is 0.815 bits per heavy atom. The van der Waals surface area contributed by atoms with Crippen LogP contribution in [-0.2, 0) is 17.8 Å². The van der Waals surface area contributed by atoms with Crippen LogP contribution in [0.15, 0.2) is 78.9 Å². The molecule has 0 unspecified atom stereocenters. The van der Waals surface area contributed by atoms with E-state index in [2.05, 4.69) is 10.6 Å². The number of anilines is 1. The van der Waals surface area contributed by atoms with Crippen molar-refractivity contribution in [3.05, 3.63) is 101 Å². The van der Waals surface area contributed by atoms with E-state index in [1.807, 2.05) is 60.7 Å². The highest BCUT2D eigenvalue weighted by Gasteiger charge is 2.14. The fourth-order valence-corrected chi connectivity index (χ4v) is 2.83. The highest BCUT2D eigenvalue weighted by atomic mass is 35.5. The summed E-state index contributed by atoms with van der Waals surface area (Å²) in [6.45, 7) is 0.392. The lowest BCUT2D eigenvalue weighted by atomic mass is 10.1. The summed E-state index contributed by atoms with van der Waals surface area (Å²) in [5.74, 6) is -0.489. The lowest BCUT2D eigenvalue weighted by Gasteiger charge is -2.12. The molecular formula is C22H19ClN2O2. The van der Waals surface area contributed by atoms with E-state index in [1.165, 1.54) is 0 Å². The van der Waals surface area contributed by atoms with Crippen molar-refractivity contribution in [1.82, 2.24) is 5.32 Å². The predicted octanol–water partition coefficient (Wildman–Crippen LogP) is 4.45. The predicted molar refractivity (Wildman–Crippen MR) is 108 cm³/mol. The quantitative estimate of drug-likeness (QED) is 0.665. The molecule has 0 aliphatic carbocycles. The number of amides is 2. The lowest BCUT2D eigenvalue weighted by molar-refractivity contribution is -0.115. The van der Waals surface area contributed by atoms with Gasteiger partial charge < -0.3 is 10.6 Å². The number of carbonyl (C=O) groups is 2. The molecule has 4 nitrogen and oxygen atoms in total. The van der Waals surface area contributed by atoms with Crippen molar-refractivity contribution in [2.75, 3.05) is 5.32 Å². The Balaban J connectivity index is 1.70. The van der Waals surface area contributed by atoms with E-state index in [-0.39, 0.29) is 18.2 Å². The van der Waals surface area contributed by atoms with E-state index in [9.17, 15) is 9.59 Å². The maximum atomic E-state index is 12.6. The molecule has 0 heterocycles. The number of carbonyl (C=O) groups excluding carboxylic acids is 2. The first-order valence-corrected chi connectivity index (χ1v) is 8.95. The molecule has 0 atom stereocenters. The van der Waals surface area contributed by atoms with Crippen LogP contribution >= 0.6 is 11.6 Å². The van der Waals surface area contributed by atoms with Gasteiger partial charge in [0.1, 0.15) is 0 Å². The third kappa shape index (κ3) is 5.43.